The molecule has 0 aliphatic carbocycles. The van der Waals surface area contributed by atoms with Crippen molar-refractivity contribution in [1.82, 2.24) is 0 Å². The van der Waals surface area contributed by atoms with Crippen LogP contribution in [0.2, 0.25) is 0 Å². The molecule has 2 atom stereocenters. The van der Waals surface area contributed by atoms with Crippen LogP contribution in [-0.4, -0.2) is 17.1 Å². The van der Waals surface area contributed by atoms with Crippen molar-refractivity contribution in [2.75, 3.05) is 11.0 Å². The zero-order valence-electron chi connectivity index (χ0n) is 7.56. The van der Waals surface area contributed by atoms with Crippen LogP contribution in [0.3, 0.4) is 0 Å². The summed E-state index contributed by atoms with van der Waals surface area (Å²) in [7, 11) is 0. The second-order valence-corrected chi connectivity index (χ2v) is 5.29. The SMILES string of the molecule is CC(C)(C)[C@@H]1CO[C@@H](CI)C1. The van der Waals surface area contributed by atoms with E-state index in [0.717, 1.165) is 17.0 Å². The minimum absolute atomic E-state index is 0.431. The van der Waals surface area contributed by atoms with Crippen molar-refractivity contribution in [2.45, 2.75) is 33.3 Å². The van der Waals surface area contributed by atoms with E-state index in [2.05, 4.69) is 43.4 Å². The number of halogens is 1. The summed E-state index contributed by atoms with van der Waals surface area (Å²) in [6.07, 6.45) is 1.78. The fourth-order valence-electron chi connectivity index (χ4n) is 1.42. The highest BCUT2D eigenvalue weighted by molar-refractivity contribution is 14.1. The first kappa shape index (κ1) is 9.78. The van der Waals surface area contributed by atoms with Crippen LogP contribution in [-0.2, 0) is 4.74 Å². The number of ether oxygens (including phenoxy) is 1. The molecular weight excluding hydrogens is 251 g/mol. The van der Waals surface area contributed by atoms with E-state index in [9.17, 15) is 0 Å². The summed E-state index contributed by atoms with van der Waals surface area (Å²) in [6, 6.07) is 0. The van der Waals surface area contributed by atoms with Gasteiger partial charge >= 0.3 is 0 Å². The molecule has 1 heterocycles. The quantitative estimate of drug-likeness (QED) is 0.525. The second-order valence-electron chi connectivity index (χ2n) is 4.41. The Morgan fingerprint density at radius 2 is 2.09 bits per heavy atom. The lowest BCUT2D eigenvalue weighted by molar-refractivity contribution is 0.112. The predicted octanol–water partition coefficient (Wildman–Crippen LogP) is 2.87. The molecule has 0 radical (unpaired) electrons. The van der Waals surface area contributed by atoms with Gasteiger partial charge < -0.3 is 4.74 Å². The van der Waals surface area contributed by atoms with E-state index in [-0.39, 0.29) is 0 Å². The molecule has 0 N–H and O–H groups in total. The fraction of sp³-hybridized carbons (Fsp3) is 1.00. The highest BCUT2D eigenvalue weighted by Crippen LogP contribution is 2.35. The van der Waals surface area contributed by atoms with Gasteiger partial charge in [-0.05, 0) is 17.8 Å². The van der Waals surface area contributed by atoms with Gasteiger partial charge in [-0.1, -0.05) is 43.4 Å². The molecule has 0 bridgehead atoms. The maximum atomic E-state index is 5.63. The van der Waals surface area contributed by atoms with Gasteiger partial charge in [0.2, 0.25) is 0 Å². The van der Waals surface area contributed by atoms with Gasteiger partial charge in [0.05, 0.1) is 12.7 Å². The Hall–Kier alpha value is 0.690. The summed E-state index contributed by atoms with van der Waals surface area (Å²) in [5.74, 6) is 0.766. The first-order valence-electron chi connectivity index (χ1n) is 4.21. The van der Waals surface area contributed by atoms with Crippen molar-refractivity contribution >= 4 is 22.6 Å². The van der Waals surface area contributed by atoms with Gasteiger partial charge in [-0.3, -0.25) is 0 Å². The van der Waals surface area contributed by atoms with E-state index in [0.29, 0.717) is 11.5 Å². The Morgan fingerprint density at radius 1 is 1.45 bits per heavy atom. The standard InChI is InChI=1S/C9H17IO/c1-9(2,3)7-4-8(5-10)11-6-7/h7-8H,4-6H2,1-3H3/t7-,8+/m0/s1. The second kappa shape index (κ2) is 3.60. The van der Waals surface area contributed by atoms with Crippen molar-refractivity contribution in [1.29, 1.82) is 0 Å². The van der Waals surface area contributed by atoms with E-state index >= 15 is 0 Å². The van der Waals surface area contributed by atoms with Gasteiger partial charge in [0.15, 0.2) is 0 Å². The van der Waals surface area contributed by atoms with Crippen LogP contribution >= 0.6 is 22.6 Å². The van der Waals surface area contributed by atoms with Gasteiger partial charge in [0, 0.05) is 4.43 Å². The van der Waals surface area contributed by atoms with Crippen LogP contribution in [0, 0.1) is 11.3 Å². The zero-order valence-corrected chi connectivity index (χ0v) is 9.72. The van der Waals surface area contributed by atoms with Crippen LogP contribution in [0.25, 0.3) is 0 Å². The molecule has 1 saturated heterocycles. The number of alkyl halides is 1. The topological polar surface area (TPSA) is 9.23 Å². The summed E-state index contributed by atoms with van der Waals surface area (Å²) >= 11 is 2.40. The highest BCUT2D eigenvalue weighted by Gasteiger charge is 2.32. The van der Waals surface area contributed by atoms with Crippen LogP contribution in [0.15, 0.2) is 0 Å². The molecule has 0 aromatic heterocycles. The lowest BCUT2D eigenvalue weighted by Gasteiger charge is -2.25. The molecule has 66 valence electrons. The monoisotopic (exact) mass is 268 g/mol. The number of hydrogen-bond donors (Lipinski definition) is 0. The van der Waals surface area contributed by atoms with Gasteiger partial charge in [0.25, 0.3) is 0 Å². The average Bonchev–Trinajstić information content (AvgIpc) is 2.32. The molecule has 0 spiro atoms. The van der Waals surface area contributed by atoms with Gasteiger partial charge in [-0.15, -0.1) is 0 Å². The van der Waals surface area contributed by atoms with Crippen LogP contribution in [0.4, 0.5) is 0 Å². The Labute approximate surface area is 83.0 Å². The fourth-order valence-corrected chi connectivity index (χ4v) is 2.03. The van der Waals surface area contributed by atoms with Crippen molar-refractivity contribution in [3.8, 4) is 0 Å². The van der Waals surface area contributed by atoms with Gasteiger partial charge in [-0.25, -0.2) is 0 Å². The molecule has 0 amide bonds. The number of hydrogen-bond acceptors (Lipinski definition) is 1. The molecular formula is C9H17IO. The highest BCUT2D eigenvalue weighted by atomic mass is 127. The molecule has 0 saturated carbocycles. The van der Waals surface area contributed by atoms with Crippen LogP contribution < -0.4 is 0 Å². The number of rotatable bonds is 1. The smallest absolute Gasteiger partial charge is 0.0668 e. The normalized spacial score (nSPS) is 32.7. The van der Waals surface area contributed by atoms with Gasteiger partial charge in [-0.2, -0.15) is 0 Å². The lowest BCUT2D eigenvalue weighted by atomic mass is 9.80. The summed E-state index contributed by atoms with van der Waals surface area (Å²) < 4.78 is 6.78. The van der Waals surface area contributed by atoms with E-state index in [4.69, 9.17) is 4.74 Å². The maximum Gasteiger partial charge on any atom is 0.0668 e. The summed E-state index contributed by atoms with van der Waals surface area (Å²) in [5.41, 5.74) is 0.431. The third-order valence-corrected chi connectivity index (χ3v) is 3.46. The summed E-state index contributed by atoms with van der Waals surface area (Å²) in [5, 5.41) is 0. The first-order chi connectivity index (χ1) is 5.04. The lowest BCUT2D eigenvalue weighted by Crippen LogP contribution is -2.20. The Balaban J connectivity index is 2.42. The van der Waals surface area contributed by atoms with E-state index in [1.807, 2.05) is 0 Å². The van der Waals surface area contributed by atoms with Crippen molar-refractivity contribution < 1.29 is 4.74 Å². The molecule has 2 heteroatoms. The van der Waals surface area contributed by atoms with Crippen molar-refractivity contribution in [3.05, 3.63) is 0 Å². The molecule has 1 fully saturated rings. The third-order valence-electron chi connectivity index (χ3n) is 2.48. The van der Waals surface area contributed by atoms with Crippen LogP contribution in [0.1, 0.15) is 27.2 Å². The van der Waals surface area contributed by atoms with E-state index in [1.165, 1.54) is 6.42 Å². The molecule has 1 aliphatic rings. The van der Waals surface area contributed by atoms with E-state index in [1.54, 1.807) is 0 Å². The average molecular weight is 268 g/mol. The van der Waals surface area contributed by atoms with Gasteiger partial charge in [0.1, 0.15) is 0 Å². The molecule has 0 aromatic rings. The molecule has 1 nitrogen and oxygen atoms in total. The maximum absolute atomic E-state index is 5.63. The Morgan fingerprint density at radius 3 is 2.36 bits per heavy atom. The molecule has 11 heavy (non-hydrogen) atoms. The molecule has 0 unspecified atom stereocenters. The summed E-state index contributed by atoms with van der Waals surface area (Å²) in [6.45, 7) is 7.88. The molecule has 1 aliphatic heterocycles. The summed E-state index contributed by atoms with van der Waals surface area (Å²) in [4.78, 5) is 0. The predicted molar refractivity (Wildman–Crippen MR) is 56.2 cm³/mol. The third kappa shape index (κ3) is 2.58. The Bertz CT molecular complexity index is 128. The molecule has 0 aromatic carbocycles. The van der Waals surface area contributed by atoms with Crippen molar-refractivity contribution in [2.24, 2.45) is 11.3 Å². The largest absolute Gasteiger partial charge is 0.377 e. The zero-order chi connectivity index (χ0) is 8.48. The minimum Gasteiger partial charge on any atom is -0.377 e. The Kier molecular flexibility index (Phi) is 3.20. The minimum atomic E-state index is 0.431. The van der Waals surface area contributed by atoms with Crippen molar-refractivity contribution in [3.63, 3.8) is 0 Å². The van der Waals surface area contributed by atoms with Crippen LogP contribution in [0.5, 0.6) is 0 Å². The molecule has 1 rings (SSSR count). The van der Waals surface area contributed by atoms with E-state index < -0.39 is 0 Å². The first-order valence-corrected chi connectivity index (χ1v) is 5.74.